The molecular weight excluding hydrogens is 740 g/mol. The lowest BCUT2D eigenvalue weighted by molar-refractivity contribution is -0.126. The molecule has 0 aliphatic carbocycles. The molecule has 2 aliphatic heterocycles. The second-order valence-electron chi connectivity index (χ2n) is 13.6. The smallest absolute Gasteiger partial charge is 0.273 e. The molecule has 2 fully saturated rings. The van der Waals surface area contributed by atoms with E-state index < -0.39 is 0 Å². The molecule has 13 heteroatoms. The summed E-state index contributed by atoms with van der Waals surface area (Å²) in [4.78, 5) is 56.7. The van der Waals surface area contributed by atoms with Crippen LogP contribution in [0.5, 0.6) is 0 Å². The molecule has 0 unspecified atom stereocenters. The minimum Gasteiger partial charge on any atom is -0.370 e. The summed E-state index contributed by atoms with van der Waals surface area (Å²) in [7, 11) is 0. The first kappa shape index (κ1) is 42.6. The molecule has 2 aromatic heterocycles. The molecule has 58 heavy (non-hydrogen) atoms. The Morgan fingerprint density at radius 3 is 1.45 bits per heavy atom. The van der Waals surface area contributed by atoms with E-state index in [2.05, 4.69) is 16.9 Å². The summed E-state index contributed by atoms with van der Waals surface area (Å²) < 4.78 is 26.5. The van der Waals surface area contributed by atoms with E-state index >= 15 is 0 Å². The Morgan fingerprint density at radius 1 is 0.517 bits per heavy atom. The molecule has 4 aromatic carbocycles. The number of ether oxygens (including phenoxy) is 2. The number of hydrogen-bond donors (Lipinski definition) is 0. The SMILES string of the molecule is Cc1ccc(-n2ccncc2=O)cc1.Cc1ccc(-n2ccncc2=O)cc1C.Cc1ccc(N2CCOCC2=O)cc1.Cc1ccc(N2CCOCC2=O)cc1F. The zero-order valence-electron chi connectivity index (χ0n) is 33.3. The normalized spacial score (nSPS) is 13.6. The van der Waals surface area contributed by atoms with Crippen LogP contribution >= 0.6 is 0 Å². The van der Waals surface area contributed by atoms with E-state index in [0.717, 1.165) is 17.1 Å². The fourth-order valence-corrected chi connectivity index (χ4v) is 5.76. The maximum absolute atomic E-state index is 13.3. The Labute approximate surface area is 336 Å². The van der Waals surface area contributed by atoms with E-state index in [9.17, 15) is 23.6 Å². The first-order chi connectivity index (χ1) is 27.9. The van der Waals surface area contributed by atoms with Gasteiger partial charge in [0.15, 0.2) is 0 Å². The summed E-state index contributed by atoms with van der Waals surface area (Å²) in [6.07, 6.45) is 9.16. The van der Waals surface area contributed by atoms with Crippen LogP contribution in [0.1, 0.15) is 27.8 Å². The van der Waals surface area contributed by atoms with Gasteiger partial charge in [-0.25, -0.2) is 4.39 Å². The second-order valence-corrected chi connectivity index (χ2v) is 13.6. The standard InChI is InChI=1S/C12H12N2O.C11H12FNO2.C11H10N2O.C11H13NO2/c1-9-3-4-11(7-10(9)2)14-6-5-13-8-12(14)15;1-8-2-3-9(6-10(8)12)13-4-5-15-7-11(13)14;1-9-2-4-10(5-3-9)13-7-6-12-8-11(13)14;1-9-2-4-10(5-3-9)12-6-7-14-8-11(12)13/h3-8H,1-2H3;2-3,6H,4-5,7H2,1H3;2-8H,1H3;2-5H,6-8H2,1H3. The summed E-state index contributed by atoms with van der Waals surface area (Å²) in [5.74, 6) is -0.364. The molecule has 300 valence electrons. The predicted molar refractivity (Wildman–Crippen MR) is 223 cm³/mol. The van der Waals surface area contributed by atoms with Gasteiger partial charge in [0.05, 0.1) is 25.6 Å². The van der Waals surface area contributed by atoms with E-state index in [1.54, 1.807) is 62.8 Å². The van der Waals surface area contributed by atoms with Crippen LogP contribution in [0.25, 0.3) is 11.4 Å². The van der Waals surface area contributed by atoms with Crippen molar-refractivity contribution in [3.63, 3.8) is 0 Å². The number of morpholine rings is 2. The highest BCUT2D eigenvalue weighted by Crippen LogP contribution is 2.20. The van der Waals surface area contributed by atoms with Crippen molar-refractivity contribution < 1.29 is 23.5 Å². The van der Waals surface area contributed by atoms with Gasteiger partial charge >= 0.3 is 0 Å². The maximum Gasteiger partial charge on any atom is 0.273 e. The molecule has 0 bridgehead atoms. The lowest BCUT2D eigenvalue weighted by Gasteiger charge is -2.26. The Hall–Kier alpha value is -6.57. The number of carbonyl (C=O) groups is 2. The van der Waals surface area contributed by atoms with Gasteiger partial charge in [-0.1, -0.05) is 47.5 Å². The summed E-state index contributed by atoms with van der Waals surface area (Å²) in [6.45, 7) is 12.4. The molecule has 12 nitrogen and oxygen atoms in total. The summed E-state index contributed by atoms with van der Waals surface area (Å²) >= 11 is 0. The Kier molecular flexibility index (Phi) is 15.1. The number of nitrogens with zero attached hydrogens (tertiary/aromatic N) is 6. The van der Waals surface area contributed by atoms with Gasteiger partial charge in [-0.3, -0.25) is 38.3 Å². The molecule has 0 atom stereocenters. The first-order valence-corrected chi connectivity index (χ1v) is 18.7. The molecule has 0 radical (unpaired) electrons. The fourth-order valence-electron chi connectivity index (χ4n) is 5.76. The van der Waals surface area contributed by atoms with Gasteiger partial charge in [-0.15, -0.1) is 0 Å². The van der Waals surface area contributed by atoms with Gasteiger partial charge in [0.2, 0.25) is 0 Å². The van der Waals surface area contributed by atoms with Crippen LogP contribution in [0.15, 0.2) is 132 Å². The van der Waals surface area contributed by atoms with Gasteiger partial charge in [-0.2, -0.15) is 0 Å². The van der Waals surface area contributed by atoms with Crippen LogP contribution in [0, 0.1) is 40.4 Å². The average Bonchev–Trinajstić information content (AvgIpc) is 3.22. The van der Waals surface area contributed by atoms with E-state index in [0.29, 0.717) is 37.6 Å². The number of aromatic nitrogens is 4. The highest BCUT2D eigenvalue weighted by atomic mass is 19.1. The van der Waals surface area contributed by atoms with Gasteiger partial charge < -0.3 is 19.3 Å². The third-order valence-electron chi connectivity index (χ3n) is 9.31. The molecule has 2 aliphatic rings. The Bertz CT molecular complexity index is 2430. The Morgan fingerprint density at radius 2 is 0.966 bits per heavy atom. The van der Waals surface area contributed by atoms with Crippen molar-refractivity contribution in [1.82, 2.24) is 19.1 Å². The lowest BCUT2D eigenvalue weighted by atomic mass is 10.1. The van der Waals surface area contributed by atoms with E-state index in [-0.39, 0.29) is 42.0 Å². The number of halogens is 1. The highest BCUT2D eigenvalue weighted by molar-refractivity contribution is 5.95. The van der Waals surface area contributed by atoms with Crippen molar-refractivity contribution in [1.29, 1.82) is 0 Å². The van der Waals surface area contributed by atoms with Crippen molar-refractivity contribution in [3.05, 3.63) is 176 Å². The van der Waals surface area contributed by atoms with E-state index in [4.69, 9.17) is 9.47 Å². The van der Waals surface area contributed by atoms with Crippen molar-refractivity contribution in [2.45, 2.75) is 34.6 Å². The quantitative estimate of drug-likeness (QED) is 0.205. The number of aryl methyl sites for hydroxylation is 5. The minimum atomic E-state index is -0.285. The number of anilines is 2. The number of amides is 2. The second kappa shape index (κ2) is 20.6. The number of rotatable bonds is 4. The van der Waals surface area contributed by atoms with Crippen LogP contribution in [-0.2, 0) is 19.1 Å². The van der Waals surface area contributed by atoms with Gasteiger partial charge in [0.25, 0.3) is 22.9 Å². The topological polar surface area (TPSA) is 129 Å². The van der Waals surface area contributed by atoms with E-state index in [1.165, 1.54) is 40.7 Å². The molecule has 6 aromatic rings. The predicted octanol–water partition coefficient (Wildman–Crippen LogP) is 6.25. The number of benzene rings is 4. The van der Waals surface area contributed by atoms with Crippen LogP contribution in [0.2, 0.25) is 0 Å². The summed E-state index contributed by atoms with van der Waals surface area (Å²) in [5, 5.41) is 0. The van der Waals surface area contributed by atoms with Gasteiger partial charge in [0.1, 0.15) is 19.0 Å². The van der Waals surface area contributed by atoms with Crippen molar-refractivity contribution in [3.8, 4) is 11.4 Å². The highest BCUT2D eigenvalue weighted by Gasteiger charge is 2.21. The third kappa shape index (κ3) is 11.7. The first-order valence-electron chi connectivity index (χ1n) is 18.7. The molecule has 0 saturated carbocycles. The van der Waals surface area contributed by atoms with Crippen LogP contribution in [-0.4, -0.2) is 70.4 Å². The third-order valence-corrected chi connectivity index (χ3v) is 9.31. The number of carbonyl (C=O) groups excluding carboxylic acids is 2. The van der Waals surface area contributed by atoms with Crippen molar-refractivity contribution in [2.24, 2.45) is 0 Å². The van der Waals surface area contributed by atoms with Crippen molar-refractivity contribution >= 4 is 23.2 Å². The van der Waals surface area contributed by atoms with Crippen LogP contribution < -0.4 is 20.9 Å². The summed E-state index contributed by atoms with van der Waals surface area (Å²) in [5.41, 5.74) is 8.45. The zero-order valence-corrected chi connectivity index (χ0v) is 33.3. The molecule has 0 N–H and O–H groups in total. The number of hydrogen-bond acceptors (Lipinski definition) is 8. The average molecular weight is 787 g/mol. The van der Waals surface area contributed by atoms with Crippen LogP contribution in [0.3, 0.4) is 0 Å². The van der Waals surface area contributed by atoms with Crippen LogP contribution in [0.4, 0.5) is 15.8 Å². The fraction of sp³-hybridized carbons (Fsp3) is 0.244. The molecular formula is C45H47FN6O6. The molecule has 0 spiro atoms. The van der Waals surface area contributed by atoms with Crippen molar-refractivity contribution in [2.75, 3.05) is 49.3 Å². The van der Waals surface area contributed by atoms with E-state index in [1.807, 2.05) is 87.5 Å². The molecule has 2 amide bonds. The molecule has 8 rings (SSSR count). The molecule has 2 saturated heterocycles. The maximum atomic E-state index is 13.3. The Balaban J connectivity index is 0.000000147. The zero-order chi connectivity index (χ0) is 41.6. The summed E-state index contributed by atoms with van der Waals surface area (Å²) in [6, 6.07) is 26.5. The molecule has 4 heterocycles. The largest absolute Gasteiger partial charge is 0.370 e. The lowest BCUT2D eigenvalue weighted by Crippen LogP contribution is -2.41. The monoisotopic (exact) mass is 786 g/mol. The minimum absolute atomic E-state index is 0.0418. The van der Waals surface area contributed by atoms with Gasteiger partial charge in [-0.05, 0) is 99.8 Å². The van der Waals surface area contributed by atoms with Gasteiger partial charge in [0, 0.05) is 60.6 Å².